The molecule has 0 aliphatic heterocycles. The summed E-state index contributed by atoms with van der Waals surface area (Å²) in [5.74, 6) is -1.40. The molecule has 0 saturated carbocycles. The van der Waals surface area contributed by atoms with E-state index >= 15 is 0 Å². The number of hydrogen-bond acceptors (Lipinski definition) is 4. The van der Waals surface area contributed by atoms with Crippen LogP contribution in [-0.4, -0.2) is 24.6 Å². The summed E-state index contributed by atoms with van der Waals surface area (Å²) >= 11 is 3.17. The zero-order chi connectivity index (χ0) is 13.6. The molecule has 0 aliphatic rings. The number of rotatable bonds is 5. The lowest BCUT2D eigenvalue weighted by Gasteiger charge is -2.21. The van der Waals surface area contributed by atoms with Crippen LogP contribution in [0.2, 0.25) is 0 Å². The van der Waals surface area contributed by atoms with Crippen molar-refractivity contribution < 1.29 is 19.1 Å². The Morgan fingerprint density at radius 2 is 1.82 bits per heavy atom. The van der Waals surface area contributed by atoms with E-state index in [-0.39, 0.29) is 6.42 Å². The fourth-order valence-corrected chi connectivity index (χ4v) is 1.65. The van der Waals surface area contributed by atoms with Crippen molar-refractivity contribution in [2.45, 2.75) is 39.2 Å². The van der Waals surface area contributed by atoms with Crippen molar-refractivity contribution in [3.63, 3.8) is 0 Å². The second-order valence-electron chi connectivity index (χ2n) is 4.73. The van der Waals surface area contributed by atoms with Gasteiger partial charge < -0.3 is 9.47 Å². The number of allylic oxidation sites excluding steroid dienone is 1. The molecule has 0 aliphatic carbocycles. The van der Waals surface area contributed by atoms with Crippen molar-refractivity contribution in [2.24, 2.45) is 5.92 Å². The number of halogens is 1. The van der Waals surface area contributed by atoms with Crippen molar-refractivity contribution in [1.82, 2.24) is 0 Å². The molecule has 98 valence electrons. The molecule has 0 bridgehead atoms. The van der Waals surface area contributed by atoms with Gasteiger partial charge in [0.2, 0.25) is 0 Å². The monoisotopic (exact) mass is 306 g/mol. The predicted octanol–water partition coefficient (Wildman–Crippen LogP) is 2.81. The minimum Gasteiger partial charge on any atom is -0.469 e. The Morgan fingerprint density at radius 1 is 1.29 bits per heavy atom. The summed E-state index contributed by atoms with van der Waals surface area (Å²) in [5, 5.41) is 0. The van der Waals surface area contributed by atoms with E-state index in [1.54, 1.807) is 20.8 Å². The zero-order valence-electron chi connectivity index (χ0n) is 10.7. The van der Waals surface area contributed by atoms with E-state index in [1.807, 2.05) is 0 Å². The van der Waals surface area contributed by atoms with Gasteiger partial charge in [0.1, 0.15) is 5.60 Å². The minimum absolute atomic E-state index is 0.00539. The fraction of sp³-hybridized carbons (Fsp3) is 0.667. The molecule has 0 aromatic rings. The van der Waals surface area contributed by atoms with E-state index < -0.39 is 23.5 Å². The summed E-state index contributed by atoms with van der Waals surface area (Å²) in [6.45, 7) is 8.99. The number of methoxy groups -OCH3 is 1. The number of carbonyl (C=O) groups excluding carboxylic acids is 2. The van der Waals surface area contributed by atoms with E-state index in [0.29, 0.717) is 10.9 Å². The summed E-state index contributed by atoms with van der Waals surface area (Å²) in [6.07, 6.45) is 0.348. The van der Waals surface area contributed by atoms with Gasteiger partial charge in [0, 0.05) is 0 Å². The number of esters is 2. The highest BCUT2D eigenvalue weighted by molar-refractivity contribution is 9.11. The molecule has 17 heavy (non-hydrogen) atoms. The number of ether oxygens (including phenoxy) is 2. The van der Waals surface area contributed by atoms with Gasteiger partial charge in [0.25, 0.3) is 0 Å². The molecular weight excluding hydrogens is 288 g/mol. The second kappa shape index (κ2) is 6.79. The predicted molar refractivity (Wildman–Crippen MR) is 68.7 cm³/mol. The molecule has 0 heterocycles. The fourth-order valence-electron chi connectivity index (χ4n) is 1.26. The van der Waals surface area contributed by atoms with Gasteiger partial charge in [-0.1, -0.05) is 22.5 Å². The van der Waals surface area contributed by atoms with Gasteiger partial charge in [0.15, 0.2) is 0 Å². The molecule has 4 nitrogen and oxygen atoms in total. The first kappa shape index (κ1) is 16.2. The minimum atomic E-state index is -0.554. The van der Waals surface area contributed by atoms with E-state index in [2.05, 4.69) is 27.2 Å². The molecular formula is C12H19BrO4. The first-order chi connectivity index (χ1) is 7.65. The summed E-state index contributed by atoms with van der Waals surface area (Å²) in [6, 6.07) is 0. The SMILES string of the molecule is C=C(Br)C[C@H](CC(=O)OC(C)(C)C)C(=O)OC. The van der Waals surface area contributed by atoms with Crippen molar-refractivity contribution in [3.8, 4) is 0 Å². The van der Waals surface area contributed by atoms with Crippen LogP contribution in [0.1, 0.15) is 33.6 Å². The van der Waals surface area contributed by atoms with Gasteiger partial charge in [-0.2, -0.15) is 0 Å². The van der Waals surface area contributed by atoms with Gasteiger partial charge >= 0.3 is 11.9 Å². The van der Waals surface area contributed by atoms with E-state index in [0.717, 1.165) is 0 Å². The van der Waals surface area contributed by atoms with Crippen molar-refractivity contribution in [2.75, 3.05) is 7.11 Å². The molecule has 0 saturated heterocycles. The van der Waals surface area contributed by atoms with Crippen molar-refractivity contribution in [3.05, 3.63) is 11.1 Å². The van der Waals surface area contributed by atoms with Gasteiger partial charge in [0.05, 0.1) is 19.4 Å². The summed E-state index contributed by atoms with van der Waals surface area (Å²) < 4.78 is 10.4. The number of carbonyl (C=O) groups is 2. The third-order valence-electron chi connectivity index (χ3n) is 1.84. The molecule has 0 radical (unpaired) electrons. The quantitative estimate of drug-likeness (QED) is 0.733. The molecule has 1 atom stereocenters. The Kier molecular flexibility index (Phi) is 6.45. The Labute approximate surface area is 110 Å². The van der Waals surface area contributed by atoms with E-state index in [4.69, 9.17) is 4.74 Å². The van der Waals surface area contributed by atoms with Crippen LogP contribution in [0.3, 0.4) is 0 Å². The molecule has 0 aromatic carbocycles. The summed E-state index contributed by atoms with van der Waals surface area (Å²) in [7, 11) is 1.29. The first-order valence-corrected chi connectivity index (χ1v) is 6.08. The van der Waals surface area contributed by atoms with Crippen LogP contribution < -0.4 is 0 Å². The lowest BCUT2D eigenvalue weighted by Crippen LogP contribution is -2.27. The molecule has 0 spiro atoms. The zero-order valence-corrected chi connectivity index (χ0v) is 12.3. The average molecular weight is 307 g/mol. The first-order valence-electron chi connectivity index (χ1n) is 5.28. The van der Waals surface area contributed by atoms with E-state index in [9.17, 15) is 9.59 Å². The van der Waals surface area contributed by atoms with Crippen LogP contribution in [-0.2, 0) is 19.1 Å². The van der Waals surface area contributed by atoms with Crippen molar-refractivity contribution in [1.29, 1.82) is 0 Å². The third-order valence-corrected chi connectivity index (χ3v) is 2.16. The van der Waals surface area contributed by atoms with Gasteiger partial charge in [-0.05, 0) is 31.7 Å². The maximum atomic E-state index is 11.6. The molecule has 0 unspecified atom stereocenters. The lowest BCUT2D eigenvalue weighted by molar-refractivity contribution is -0.160. The Hall–Kier alpha value is -0.840. The lowest BCUT2D eigenvalue weighted by atomic mass is 10.0. The Morgan fingerprint density at radius 3 is 2.18 bits per heavy atom. The van der Waals surface area contributed by atoms with Crippen LogP contribution in [0.25, 0.3) is 0 Å². The highest BCUT2D eigenvalue weighted by atomic mass is 79.9. The maximum absolute atomic E-state index is 11.6. The largest absolute Gasteiger partial charge is 0.469 e. The van der Waals surface area contributed by atoms with Crippen LogP contribution >= 0.6 is 15.9 Å². The molecule has 0 rings (SSSR count). The standard InChI is InChI=1S/C12H19BrO4/c1-8(13)6-9(11(15)16-5)7-10(14)17-12(2,3)4/h9H,1,6-7H2,2-5H3/t9-/m1/s1. The molecule has 5 heteroatoms. The summed E-state index contributed by atoms with van der Waals surface area (Å²) in [4.78, 5) is 23.1. The van der Waals surface area contributed by atoms with Gasteiger partial charge in [-0.25, -0.2) is 0 Å². The van der Waals surface area contributed by atoms with Crippen LogP contribution in [0.15, 0.2) is 11.1 Å². The maximum Gasteiger partial charge on any atom is 0.309 e. The highest BCUT2D eigenvalue weighted by Gasteiger charge is 2.26. The number of hydrogen-bond donors (Lipinski definition) is 0. The molecule has 0 aromatic heterocycles. The topological polar surface area (TPSA) is 52.6 Å². The van der Waals surface area contributed by atoms with Gasteiger partial charge in [-0.3, -0.25) is 9.59 Å². The van der Waals surface area contributed by atoms with Crippen molar-refractivity contribution >= 4 is 27.9 Å². The van der Waals surface area contributed by atoms with Gasteiger partial charge in [-0.15, -0.1) is 0 Å². The smallest absolute Gasteiger partial charge is 0.309 e. The normalized spacial score (nSPS) is 12.8. The average Bonchev–Trinajstić information content (AvgIpc) is 2.11. The Bertz CT molecular complexity index is 304. The van der Waals surface area contributed by atoms with Crippen LogP contribution in [0.5, 0.6) is 0 Å². The third kappa shape index (κ3) is 7.96. The van der Waals surface area contributed by atoms with Crippen LogP contribution in [0, 0.1) is 5.92 Å². The highest BCUT2D eigenvalue weighted by Crippen LogP contribution is 2.21. The molecule has 0 N–H and O–H groups in total. The second-order valence-corrected chi connectivity index (χ2v) is 5.85. The van der Waals surface area contributed by atoms with E-state index in [1.165, 1.54) is 7.11 Å². The summed E-state index contributed by atoms with van der Waals surface area (Å²) in [5.41, 5.74) is -0.552. The molecule has 0 amide bonds. The molecule has 0 fully saturated rings. The Balaban J connectivity index is 4.48. The van der Waals surface area contributed by atoms with Crippen LogP contribution in [0.4, 0.5) is 0 Å².